The fourth-order valence-corrected chi connectivity index (χ4v) is 1.65. The standard InChI is InChI=1S/C13H18ClNO2/c1-4-13(3,8-14)15-12(17)10-6-5-9(2)7-11(10)16/h5-7,16H,4,8H2,1-3H3,(H,15,17). The molecule has 0 heterocycles. The maximum absolute atomic E-state index is 12.0. The zero-order chi connectivity index (χ0) is 13.1. The van der Waals surface area contributed by atoms with E-state index in [0.29, 0.717) is 5.88 Å². The molecule has 1 unspecified atom stereocenters. The number of aromatic hydroxyl groups is 1. The van der Waals surface area contributed by atoms with Crippen LogP contribution in [0.1, 0.15) is 36.2 Å². The highest BCUT2D eigenvalue weighted by molar-refractivity contribution is 6.18. The van der Waals surface area contributed by atoms with E-state index < -0.39 is 5.54 Å². The first-order valence-corrected chi connectivity index (χ1v) is 6.13. The highest BCUT2D eigenvalue weighted by Crippen LogP contribution is 2.20. The normalized spacial score (nSPS) is 14.1. The lowest BCUT2D eigenvalue weighted by Crippen LogP contribution is -2.47. The van der Waals surface area contributed by atoms with Gasteiger partial charge in [-0.15, -0.1) is 11.6 Å². The summed E-state index contributed by atoms with van der Waals surface area (Å²) >= 11 is 5.83. The van der Waals surface area contributed by atoms with Crippen molar-refractivity contribution < 1.29 is 9.90 Å². The van der Waals surface area contributed by atoms with Gasteiger partial charge in [0.25, 0.3) is 5.91 Å². The lowest BCUT2D eigenvalue weighted by molar-refractivity contribution is 0.0909. The highest BCUT2D eigenvalue weighted by atomic mass is 35.5. The number of carbonyl (C=O) groups excluding carboxylic acids is 1. The van der Waals surface area contributed by atoms with Gasteiger partial charge >= 0.3 is 0 Å². The van der Waals surface area contributed by atoms with Crippen LogP contribution in [0.3, 0.4) is 0 Å². The van der Waals surface area contributed by atoms with Crippen LogP contribution in [0, 0.1) is 6.92 Å². The fraction of sp³-hybridized carbons (Fsp3) is 0.462. The van der Waals surface area contributed by atoms with E-state index in [1.54, 1.807) is 18.2 Å². The van der Waals surface area contributed by atoms with Crippen molar-refractivity contribution in [3.63, 3.8) is 0 Å². The number of rotatable bonds is 4. The van der Waals surface area contributed by atoms with Crippen molar-refractivity contribution in [1.82, 2.24) is 5.32 Å². The molecule has 1 amide bonds. The molecule has 0 spiro atoms. The Kier molecular flexibility index (Phi) is 4.40. The number of nitrogens with one attached hydrogen (secondary N) is 1. The van der Waals surface area contributed by atoms with E-state index in [1.165, 1.54) is 0 Å². The molecule has 1 aromatic rings. The molecule has 1 rings (SSSR count). The van der Waals surface area contributed by atoms with E-state index >= 15 is 0 Å². The van der Waals surface area contributed by atoms with Crippen LogP contribution in [0.25, 0.3) is 0 Å². The largest absolute Gasteiger partial charge is 0.507 e. The smallest absolute Gasteiger partial charge is 0.255 e. The number of hydrogen-bond acceptors (Lipinski definition) is 2. The lowest BCUT2D eigenvalue weighted by Gasteiger charge is -2.27. The minimum atomic E-state index is -0.448. The number of phenolic OH excluding ortho intramolecular Hbond substituents is 1. The summed E-state index contributed by atoms with van der Waals surface area (Å²) in [6.45, 7) is 5.69. The first-order chi connectivity index (χ1) is 7.91. The van der Waals surface area contributed by atoms with Crippen LogP contribution in [-0.2, 0) is 0 Å². The summed E-state index contributed by atoms with van der Waals surface area (Å²) in [6, 6.07) is 4.97. The average molecular weight is 256 g/mol. The summed E-state index contributed by atoms with van der Waals surface area (Å²) < 4.78 is 0. The molecule has 0 aliphatic rings. The maximum Gasteiger partial charge on any atom is 0.255 e. The van der Waals surface area contributed by atoms with Crippen LogP contribution in [0.5, 0.6) is 5.75 Å². The molecule has 94 valence electrons. The zero-order valence-electron chi connectivity index (χ0n) is 10.4. The van der Waals surface area contributed by atoms with Gasteiger partial charge in [0, 0.05) is 5.88 Å². The second-order valence-corrected chi connectivity index (χ2v) is 4.79. The van der Waals surface area contributed by atoms with Crippen molar-refractivity contribution in [3.8, 4) is 5.75 Å². The average Bonchev–Trinajstić information content (AvgIpc) is 2.28. The van der Waals surface area contributed by atoms with Gasteiger partial charge < -0.3 is 10.4 Å². The van der Waals surface area contributed by atoms with Crippen molar-refractivity contribution in [1.29, 1.82) is 0 Å². The molecule has 0 fully saturated rings. The molecule has 3 nitrogen and oxygen atoms in total. The molecular formula is C13H18ClNO2. The molecule has 0 aliphatic carbocycles. The van der Waals surface area contributed by atoms with Crippen molar-refractivity contribution in [3.05, 3.63) is 29.3 Å². The first-order valence-electron chi connectivity index (χ1n) is 5.60. The molecule has 0 aliphatic heterocycles. The van der Waals surface area contributed by atoms with Gasteiger partial charge in [-0.05, 0) is 38.0 Å². The fourth-order valence-electron chi connectivity index (χ4n) is 1.39. The van der Waals surface area contributed by atoms with Crippen LogP contribution in [0.2, 0.25) is 0 Å². The van der Waals surface area contributed by atoms with Gasteiger partial charge in [-0.25, -0.2) is 0 Å². The number of phenols is 1. The van der Waals surface area contributed by atoms with Gasteiger partial charge in [-0.3, -0.25) is 4.79 Å². The van der Waals surface area contributed by atoms with E-state index in [2.05, 4.69) is 5.32 Å². The lowest BCUT2D eigenvalue weighted by atomic mass is 10.0. The van der Waals surface area contributed by atoms with E-state index in [4.69, 9.17) is 11.6 Å². The number of carbonyl (C=O) groups is 1. The van der Waals surface area contributed by atoms with Gasteiger partial charge in [0.1, 0.15) is 5.75 Å². The Morgan fingerprint density at radius 3 is 2.65 bits per heavy atom. The van der Waals surface area contributed by atoms with E-state index in [1.807, 2.05) is 20.8 Å². The predicted octanol–water partition coefficient (Wildman–Crippen LogP) is 2.84. The Labute approximate surface area is 107 Å². The van der Waals surface area contributed by atoms with Gasteiger partial charge in [0.2, 0.25) is 0 Å². The van der Waals surface area contributed by atoms with Crippen LogP contribution in [0.4, 0.5) is 0 Å². The number of amides is 1. The Morgan fingerprint density at radius 1 is 1.53 bits per heavy atom. The second-order valence-electron chi connectivity index (χ2n) is 4.52. The Morgan fingerprint density at radius 2 is 2.18 bits per heavy atom. The Bertz CT molecular complexity index is 414. The zero-order valence-corrected chi connectivity index (χ0v) is 11.1. The van der Waals surface area contributed by atoms with E-state index in [9.17, 15) is 9.90 Å². The topological polar surface area (TPSA) is 49.3 Å². The van der Waals surface area contributed by atoms with Crippen LogP contribution in [-0.4, -0.2) is 22.4 Å². The van der Waals surface area contributed by atoms with Gasteiger partial charge in [0.05, 0.1) is 11.1 Å². The molecule has 17 heavy (non-hydrogen) atoms. The highest BCUT2D eigenvalue weighted by Gasteiger charge is 2.24. The van der Waals surface area contributed by atoms with Crippen molar-refractivity contribution in [2.24, 2.45) is 0 Å². The number of benzene rings is 1. The monoisotopic (exact) mass is 255 g/mol. The third kappa shape index (κ3) is 3.37. The van der Waals surface area contributed by atoms with Crippen molar-refractivity contribution in [2.45, 2.75) is 32.7 Å². The summed E-state index contributed by atoms with van der Waals surface area (Å²) in [5.74, 6) is 0.0324. The Balaban J connectivity index is 2.90. The molecule has 0 radical (unpaired) electrons. The van der Waals surface area contributed by atoms with Crippen molar-refractivity contribution in [2.75, 3.05) is 5.88 Å². The summed E-state index contributed by atoms with van der Waals surface area (Å²) in [4.78, 5) is 12.0. The van der Waals surface area contributed by atoms with Crippen LogP contribution >= 0.6 is 11.6 Å². The number of aryl methyl sites for hydroxylation is 1. The maximum atomic E-state index is 12.0. The van der Waals surface area contributed by atoms with E-state index in [-0.39, 0.29) is 17.2 Å². The molecule has 4 heteroatoms. The number of hydrogen-bond donors (Lipinski definition) is 2. The number of alkyl halides is 1. The summed E-state index contributed by atoms with van der Waals surface area (Å²) in [5, 5.41) is 12.5. The summed E-state index contributed by atoms with van der Waals surface area (Å²) in [7, 11) is 0. The summed E-state index contributed by atoms with van der Waals surface area (Å²) in [5.41, 5.74) is 0.741. The minimum absolute atomic E-state index is 0.00414. The molecule has 0 saturated carbocycles. The third-order valence-electron chi connectivity index (χ3n) is 2.89. The predicted molar refractivity (Wildman–Crippen MR) is 69.7 cm³/mol. The van der Waals surface area contributed by atoms with E-state index in [0.717, 1.165) is 12.0 Å². The van der Waals surface area contributed by atoms with Crippen LogP contribution < -0.4 is 5.32 Å². The molecule has 0 aromatic heterocycles. The quantitative estimate of drug-likeness (QED) is 0.813. The SMILES string of the molecule is CCC(C)(CCl)NC(=O)c1ccc(C)cc1O. The molecule has 2 N–H and O–H groups in total. The first kappa shape index (κ1) is 13.8. The summed E-state index contributed by atoms with van der Waals surface area (Å²) in [6.07, 6.45) is 0.731. The molecular weight excluding hydrogens is 238 g/mol. The minimum Gasteiger partial charge on any atom is -0.507 e. The Hall–Kier alpha value is -1.22. The van der Waals surface area contributed by atoms with Gasteiger partial charge in [-0.1, -0.05) is 13.0 Å². The van der Waals surface area contributed by atoms with Crippen LogP contribution in [0.15, 0.2) is 18.2 Å². The molecule has 0 saturated heterocycles. The molecule has 1 aromatic carbocycles. The van der Waals surface area contributed by atoms with Crippen molar-refractivity contribution >= 4 is 17.5 Å². The number of halogens is 1. The molecule has 0 bridgehead atoms. The molecule has 1 atom stereocenters. The van der Waals surface area contributed by atoms with Gasteiger partial charge in [0.15, 0.2) is 0 Å². The third-order valence-corrected chi connectivity index (χ3v) is 3.48. The van der Waals surface area contributed by atoms with Gasteiger partial charge in [-0.2, -0.15) is 0 Å². The second kappa shape index (κ2) is 5.41.